The van der Waals surface area contributed by atoms with E-state index >= 15 is 0 Å². The summed E-state index contributed by atoms with van der Waals surface area (Å²) in [5.41, 5.74) is 0.609. The fourth-order valence-electron chi connectivity index (χ4n) is 1.09. The average Bonchev–Trinajstić information content (AvgIpc) is 2.49. The lowest BCUT2D eigenvalue weighted by molar-refractivity contribution is -0.0497. The van der Waals surface area contributed by atoms with Crippen LogP contribution in [0.3, 0.4) is 0 Å². The molecule has 1 heterocycles. The molecule has 5 heteroatoms. The van der Waals surface area contributed by atoms with Crippen LogP contribution in [0.25, 0.3) is 10.9 Å². The summed E-state index contributed by atoms with van der Waals surface area (Å²) in [6.07, 6.45) is 1.68. The highest BCUT2D eigenvalue weighted by Gasteiger charge is 2.05. The summed E-state index contributed by atoms with van der Waals surface area (Å²) in [5.74, 6) is 0.120. The van der Waals surface area contributed by atoms with Gasteiger partial charge in [-0.1, -0.05) is 0 Å². The van der Waals surface area contributed by atoms with Crippen molar-refractivity contribution in [3.63, 3.8) is 0 Å². The minimum absolute atomic E-state index is 0.120. The van der Waals surface area contributed by atoms with Gasteiger partial charge in [0.2, 0.25) is 0 Å². The summed E-state index contributed by atoms with van der Waals surface area (Å²) in [5, 5.41) is 7.32. The zero-order chi connectivity index (χ0) is 9.26. The lowest BCUT2D eigenvalue weighted by Gasteiger charge is -2.02. The number of nitrogens with one attached hydrogen (secondary N) is 1. The smallest absolute Gasteiger partial charge is 0.387 e. The molecule has 2 aromatic rings. The minimum atomic E-state index is -2.80. The van der Waals surface area contributed by atoms with Gasteiger partial charge < -0.3 is 4.74 Å². The number of aromatic nitrogens is 2. The van der Waals surface area contributed by atoms with Crippen LogP contribution in [-0.4, -0.2) is 16.8 Å². The number of rotatable bonds is 2. The van der Waals surface area contributed by atoms with Gasteiger partial charge in [0.25, 0.3) is 0 Å². The van der Waals surface area contributed by atoms with E-state index < -0.39 is 6.61 Å². The first-order valence-corrected chi connectivity index (χ1v) is 3.64. The summed E-state index contributed by atoms with van der Waals surface area (Å²) in [6, 6.07) is 4.60. The summed E-state index contributed by atoms with van der Waals surface area (Å²) < 4.78 is 27.8. The van der Waals surface area contributed by atoms with E-state index in [4.69, 9.17) is 0 Å². The standard InChI is InChI=1S/C8H6F2N2O/c9-8(10)13-6-2-1-5-4-11-12-7(5)3-6/h1-4,8H,(H,11,12). The molecule has 0 atom stereocenters. The highest BCUT2D eigenvalue weighted by Crippen LogP contribution is 2.19. The monoisotopic (exact) mass is 184 g/mol. The number of halogens is 2. The van der Waals surface area contributed by atoms with Crippen LogP contribution in [0.2, 0.25) is 0 Å². The summed E-state index contributed by atoms with van der Waals surface area (Å²) in [7, 11) is 0. The molecule has 0 aliphatic heterocycles. The van der Waals surface area contributed by atoms with Gasteiger partial charge in [0.15, 0.2) is 0 Å². The van der Waals surface area contributed by atoms with Crippen LogP contribution in [0.5, 0.6) is 5.75 Å². The van der Waals surface area contributed by atoms with Crippen molar-refractivity contribution in [3.05, 3.63) is 24.4 Å². The predicted octanol–water partition coefficient (Wildman–Crippen LogP) is 2.16. The van der Waals surface area contributed by atoms with Crippen molar-refractivity contribution in [2.75, 3.05) is 0 Å². The van der Waals surface area contributed by atoms with Crippen LogP contribution in [0.1, 0.15) is 0 Å². The minimum Gasteiger partial charge on any atom is -0.435 e. The van der Waals surface area contributed by atoms with E-state index in [1.807, 2.05) is 0 Å². The maximum atomic E-state index is 11.8. The number of alkyl halides is 2. The van der Waals surface area contributed by atoms with Gasteiger partial charge in [-0.3, -0.25) is 5.10 Å². The number of fused-ring (bicyclic) bond motifs is 1. The molecule has 1 N–H and O–H groups in total. The molecule has 1 aromatic heterocycles. The van der Waals surface area contributed by atoms with Crippen LogP contribution < -0.4 is 4.74 Å². The Hall–Kier alpha value is -1.65. The van der Waals surface area contributed by atoms with Crippen molar-refractivity contribution >= 4 is 10.9 Å². The first kappa shape index (κ1) is 7.97. The molecule has 0 radical (unpaired) electrons. The highest BCUT2D eigenvalue weighted by molar-refractivity contribution is 5.79. The van der Waals surface area contributed by atoms with Crippen molar-refractivity contribution in [2.24, 2.45) is 0 Å². The molecule has 3 nitrogen and oxygen atoms in total. The predicted molar refractivity (Wildman–Crippen MR) is 42.7 cm³/mol. The Morgan fingerprint density at radius 1 is 1.38 bits per heavy atom. The van der Waals surface area contributed by atoms with Gasteiger partial charge in [-0.15, -0.1) is 0 Å². The van der Waals surface area contributed by atoms with Crippen molar-refractivity contribution in [1.29, 1.82) is 0 Å². The lowest BCUT2D eigenvalue weighted by Crippen LogP contribution is -2.01. The van der Waals surface area contributed by atoms with Gasteiger partial charge in [0.05, 0.1) is 5.52 Å². The second-order valence-electron chi connectivity index (χ2n) is 2.48. The zero-order valence-corrected chi connectivity index (χ0v) is 6.50. The van der Waals surface area contributed by atoms with Crippen LogP contribution in [0.15, 0.2) is 24.4 Å². The molecule has 13 heavy (non-hydrogen) atoms. The molecule has 0 saturated heterocycles. The lowest BCUT2D eigenvalue weighted by atomic mass is 10.2. The summed E-state index contributed by atoms with van der Waals surface area (Å²) in [6.45, 7) is -2.80. The quantitative estimate of drug-likeness (QED) is 0.776. The number of hydrogen-bond donors (Lipinski definition) is 1. The average molecular weight is 184 g/mol. The van der Waals surface area contributed by atoms with E-state index in [1.54, 1.807) is 12.3 Å². The molecular formula is C8H6F2N2O. The van der Waals surface area contributed by atoms with Gasteiger partial charge in [-0.05, 0) is 12.1 Å². The molecule has 68 valence electrons. The molecule has 0 bridgehead atoms. The van der Waals surface area contributed by atoms with Crippen LogP contribution in [0.4, 0.5) is 8.78 Å². The molecule has 0 saturated carbocycles. The fraction of sp³-hybridized carbons (Fsp3) is 0.125. The Bertz CT molecular complexity index is 413. The SMILES string of the molecule is FC(F)Oc1ccc2c[nH]nc2c1. The Labute approximate surface area is 72.3 Å². The number of H-pyrrole nitrogens is 1. The second-order valence-corrected chi connectivity index (χ2v) is 2.48. The Morgan fingerprint density at radius 3 is 3.00 bits per heavy atom. The number of aromatic amines is 1. The summed E-state index contributed by atoms with van der Waals surface area (Å²) in [4.78, 5) is 0. The third-order valence-electron chi connectivity index (χ3n) is 1.63. The zero-order valence-electron chi connectivity index (χ0n) is 6.50. The number of nitrogens with zero attached hydrogens (tertiary/aromatic N) is 1. The third-order valence-corrected chi connectivity index (χ3v) is 1.63. The van der Waals surface area contributed by atoms with Gasteiger partial charge in [-0.2, -0.15) is 13.9 Å². The molecule has 1 aromatic carbocycles. The first-order valence-electron chi connectivity index (χ1n) is 3.64. The number of benzene rings is 1. The maximum Gasteiger partial charge on any atom is 0.387 e. The largest absolute Gasteiger partial charge is 0.435 e. The van der Waals surface area contributed by atoms with Crippen LogP contribution >= 0.6 is 0 Å². The third kappa shape index (κ3) is 1.58. The number of ether oxygens (including phenoxy) is 1. The summed E-state index contributed by atoms with van der Waals surface area (Å²) >= 11 is 0. The van der Waals surface area contributed by atoms with Crippen LogP contribution in [0, 0.1) is 0 Å². The van der Waals surface area contributed by atoms with E-state index in [-0.39, 0.29) is 5.75 Å². The normalized spacial score (nSPS) is 11.0. The molecule has 0 spiro atoms. The van der Waals surface area contributed by atoms with Gasteiger partial charge in [0.1, 0.15) is 5.75 Å². The van der Waals surface area contributed by atoms with E-state index in [2.05, 4.69) is 14.9 Å². The van der Waals surface area contributed by atoms with Crippen LogP contribution in [-0.2, 0) is 0 Å². The molecule has 0 aliphatic rings. The Kier molecular flexibility index (Phi) is 1.84. The highest BCUT2D eigenvalue weighted by atomic mass is 19.3. The molecule has 2 rings (SSSR count). The Balaban J connectivity index is 2.37. The molecule has 0 unspecified atom stereocenters. The van der Waals surface area contributed by atoms with Crippen molar-refractivity contribution in [2.45, 2.75) is 6.61 Å². The molecule has 0 aliphatic carbocycles. The molecule has 0 fully saturated rings. The fourth-order valence-corrected chi connectivity index (χ4v) is 1.09. The maximum absolute atomic E-state index is 11.8. The number of hydrogen-bond acceptors (Lipinski definition) is 2. The second kappa shape index (κ2) is 3.01. The van der Waals surface area contributed by atoms with Crippen molar-refractivity contribution in [3.8, 4) is 5.75 Å². The molecular weight excluding hydrogens is 178 g/mol. The van der Waals surface area contributed by atoms with Crippen molar-refractivity contribution in [1.82, 2.24) is 10.2 Å². The van der Waals surface area contributed by atoms with Gasteiger partial charge in [0, 0.05) is 17.6 Å². The topological polar surface area (TPSA) is 37.9 Å². The van der Waals surface area contributed by atoms with E-state index in [9.17, 15) is 8.78 Å². The Morgan fingerprint density at radius 2 is 2.23 bits per heavy atom. The van der Waals surface area contributed by atoms with Gasteiger partial charge >= 0.3 is 6.61 Å². The van der Waals surface area contributed by atoms with E-state index in [0.717, 1.165) is 5.39 Å². The van der Waals surface area contributed by atoms with E-state index in [1.165, 1.54) is 12.1 Å². The molecule has 0 amide bonds. The van der Waals surface area contributed by atoms with Gasteiger partial charge in [-0.25, -0.2) is 0 Å². The first-order chi connectivity index (χ1) is 6.25. The van der Waals surface area contributed by atoms with Crippen molar-refractivity contribution < 1.29 is 13.5 Å². The van der Waals surface area contributed by atoms with E-state index in [0.29, 0.717) is 5.52 Å².